The number of carboxylic acids is 1. The zero-order valence-electron chi connectivity index (χ0n) is 21.7. The first-order valence-corrected chi connectivity index (χ1v) is 13.9. The Kier molecular flexibility index (Phi) is 7.61. The van der Waals surface area contributed by atoms with Crippen LogP contribution in [0.2, 0.25) is 0 Å². The molecule has 1 aliphatic heterocycles. The fourth-order valence-corrected chi connectivity index (χ4v) is 5.66. The number of aromatic nitrogens is 2. The van der Waals surface area contributed by atoms with Gasteiger partial charge in [-0.2, -0.15) is 21.6 Å². The van der Waals surface area contributed by atoms with Gasteiger partial charge in [-0.25, -0.2) is 9.97 Å². The lowest BCUT2D eigenvalue weighted by atomic mass is 9.82. The van der Waals surface area contributed by atoms with Crippen LogP contribution in [-0.2, 0) is 21.0 Å². The molecule has 39 heavy (non-hydrogen) atoms. The molecule has 1 atom stereocenters. The molecule has 0 aliphatic carbocycles. The summed E-state index contributed by atoms with van der Waals surface area (Å²) in [6.07, 6.45) is -3.63. The second-order valence-electron chi connectivity index (χ2n) is 10.2. The zero-order valence-corrected chi connectivity index (χ0v) is 22.5. The first kappa shape index (κ1) is 28.3. The number of carboxylic acid groups (broad SMARTS) is 1. The van der Waals surface area contributed by atoms with Crippen molar-refractivity contribution in [3.63, 3.8) is 0 Å². The molecule has 3 heterocycles. The van der Waals surface area contributed by atoms with Crippen LogP contribution >= 0.6 is 0 Å². The van der Waals surface area contributed by atoms with Crippen molar-refractivity contribution in [2.75, 3.05) is 22.7 Å². The molecule has 0 bridgehead atoms. The second-order valence-corrected chi connectivity index (χ2v) is 11.8. The highest BCUT2D eigenvalue weighted by Gasteiger charge is 2.39. The normalized spacial score (nSPS) is 18.3. The minimum atomic E-state index is -4.71. The minimum absolute atomic E-state index is 0.103. The topological polar surface area (TPSA) is 112 Å². The summed E-state index contributed by atoms with van der Waals surface area (Å²) in [5.74, 6) is -1.05. The molecule has 1 saturated heterocycles. The van der Waals surface area contributed by atoms with E-state index in [4.69, 9.17) is 0 Å². The van der Waals surface area contributed by atoms with Crippen LogP contribution in [0.4, 0.5) is 24.8 Å². The van der Waals surface area contributed by atoms with Gasteiger partial charge >= 0.3 is 12.1 Å². The number of hydrogen-bond acceptors (Lipinski definition) is 6. The number of aliphatic carboxylic acids is 1. The van der Waals surface area contributed by atoms with E-state index in [1.165, 1.54) is 18.2 Å². The fraction of sp³-hybridized carbons (Fsp3) is 0.370. The quantitative estimate of drug-likeness (QED) is 0.376. The van der Waals surface area contributed by atoms with E-state index in [2.05, 4.69) is 14.7 Å². The van der Waals surface area contributed by atoms with Gasteiger partial charge in [-0.3, -0.25) is 9.52 Å². The number of rotatable bonds is 7. The van der Waals surface area contributed by atoms with Crippen LogP contribution in [0.25, 0.3) is 11.3 Å². The van der Waals surface area contributed by atoms with Gasteiger partial charge in [-0.15, -0.1) is 0 Å². The molecule has 1 fully saturated rings. The Morgan fingerprint density at radius 1 is 1.08 bits per heavy atom. The molecule has 0 spiro atoms. The molecule has 3 aromatic rings. The molecule has 12 heteroatoms. The van der Waals surface area contributed by atoms with E-state index < -0.39 is 33.1 Å². The van der Waals surface area contributed by atoms with Crippen molar-refractivity contribution in [1.82, 2.24) is 9.97 Å². The third kappa shape index (κ3) is 6.00. The molecule has 1 aromatic carbocycles. The summed E-state index contributed by atoms with van der Waals surface area (Å²) >= 11 is 0. The Morgan fingerprint density at radius 3 is 2.46 bits per heavy atom. The smallest absolute Gasteiger partial charge is 0.418 e. The van der Waals surface area contributed by atoms with Crippen LogP contribution in [-0.4, -0.2) is 42.6 Å². The largest absolute Gasteiger partial charge is 0.481 e. The van der Waals surface area contributed by atoms with Gasteiger partial charge in [-0.05, 0) is 55.5 Å². The van der Waals surface area contributed by atoms with Gasteiger partial charge in [0.2, 0.25) is 0 Å². The molecular weight excluding hydrogens is 533 g/mol. The summed E-state index contributed by atoms with van der Waals surface area (Å²) in [6, 6.07) is 12.7. The summed E-state index contributed by atoms with van der Waals surface area (Å²) in [6.45, 7) is 5.99. The lowest BCUT2D eigenvalue weighted by Gasteiger charge is -2.38. The van der Waals surface area contributed by atoms with Crippen molar-refractivity contribution in [1.29, 1.82) is 0 Å². The number of pyridine rings is 2. The van der Waals surface area contributed by atoms with Gasteiger partial charge in [0, 0.05) is 18.7 Å². The number of nitrogens with one attached hydrogen (secondary N) is 1. The van der Waals surface area contributed by atoms with Crippen molar-refractivity contribution in [3.05, 3.63) is 65.7 Å². The summed E-state index contributed by atoms with van der Waals surface area (Å²) in [4.78, 5) is 21.8. The number of nitrogens with zero attached hydrogens (tertiary/aromatic N) is 3. The monoisotopic (exact) mass is 562 g/mol. The van der Waals surface area contributed by atoms with E-state index in [0.29, 0.717) is 24.9 Å². The Morgan fingerprint density at radius 2 is 1.79 bits per heavy atom. The molecule has 0 radical (unpaired) electrons. The predicted molar refractivity (Wildman–Crippen MR) is 141 cm³/mol. The van der Waals surface area contributed by atoms with Gasteiger partial charge in [-0.1, -0.05) is 44.2 Å². The average molecular weight is 563 g/mol. The van der Waals surface area contributed by atoms with Gasteiger partial charge in [0.25, 0.3) is 10.0 Å². The molecule has 0 unspecified atom stereocenters. The molecule has 0 amide bonds. The standard InChI is InChI=1S/C27H29F3N4O4S/c1-17(2)18-8-4-5-9-19(18)24-20(27(28,29)30)12-13-21(31-24)33-39(37,38)23-11-6-10-22(32-23)34-15-7-14-26(3,16-34)25(35)36/h4-6,8-13,17H,7,14-16H2,1-3H3,(H,31,33)(H,35,36)/t26-/m1/s1. The van der Waals surface area contributed by atoms with Gasteiger partial charge in [0.1, 0.15) is 11.6 Å². The maximum Gasteiger partial charge on any atom is 0.418 e. The van der Waals surface area contributed by atoms with E-state index >= 15 is 0 Å². The number of carbonyl (C=O) groups is 1. The number of alkyl halides is 3. The number of sulfonamides is 1. The number of benzene rings is 1. The van der Waals surface area contributed by atoms with Crippen molar-refractivity contribution in [2.45, 2.75) is 50.7 Å². The lowest BCUT2D eigenvalue weighted by molar-refractivity contribution is -0.148. The Hall–Kier alpha value is -3.67. The van der Waals surface area contributed by atoms with E-state index in [1.807, 2.05) is 13.8 Å². The Bertz CT molecular complexity index is 1490. The first-order chi connectivity index (χ1) is 18.2. The second kappa shape index (κ2) is 10.5. The molecule has 4 rings (SSSR count). The third-order valence-corrected chi connectivity index (χ3v) is 8.05. The molecule has 0 saturated carbocycles. The summed E-state index contributed by atoms with van der Waals surface area (Å²) in [5.41, 5.74) is -1.47. The maximum absolute atomic E-state index is 13.9. The number of piperidine rings is 1. The van der Waals surface area contributed by atoms with Gasteiger partial charge < -0.3 is 10.0 Å². The average Bonchev–Trinajstić information content (AvgIpc) is 2.88. The Labute approximate surface area is 225 Å². The van der Waals surface area contributed by atoms with Gasteiger partial charge in [0.05, 0.1) is 16.7 Å². The van der Waals surface area contributed by atoms with E-state index in [0.717, 1.165) is 12.1 Å². The molecule has 2 N–H and O–H groups in total. The highest BCUT2D eigenvalue weighted by Crippen LogP contribution is 2.39. The van der Waals surface area contributed by atoms with Crippen molar-refractivity contribution in [3.8, 4) is 11.3 Å². The van der Waals surface area contributed by atoms with E-state index in [1.54, 1.807) is 36.1 Å². The predicted octanol–water partition coefficient (Wildman–Crippen LogP) is 5.78. The highest BCUT2D eigenvalue weighted by atomic mass is 32.2. The fourth-order valence-electron chi connectivity index (χ4n) is 4.70. The summed E-state index contributed by atoms with van der Waals surface area (Å²) < 4.78 is 70.4. The van der Waals surface area contributed by atoms with E-state index in [-0.39, 0.29) is 40.4 Å². The van der Waals surface area contributed by atoms with Crippen LogP contribution in [0.3, 0.4) is 0 Å². The van der Waals surface area contributed by atoms with E-state index in [9.17, 15) is 31.5 Å². The van der Waals surface area contributed by atoms with Crippen molar-refractivity contribution in [2.24, 2.45) is 5.41 Å². The number of hydrogen-bond donors (Lipinski definition) is 2. The number of anilines is 2. The van der Waals surface area contributed by atoms with Gasteiger partial charge in [0.15, 0.2) is 5.03 Å². The Balaban J connectivity index is 1.69. The van der Waals surface area contributed by atoms with Crippen LogP contribution < -0.4 is 9.62 Å². The summed E-state index contributed by atoms with van der Waals surface area (Å²) in [5, 5.41) is 9.23. The van der Waals surface area contributed by atoms with Crippen molar-refractivity contribution < 1.29 is 31.5 Å². The zero-order chi connectivity index (χ0) is 28.6. The van der Waals surface area contributed by atoms with Crippen molar-refractivity contribution >= 4 is 27.6 Å². The minimum Gasteiger partial charge on any atom is -0.481 e. The first-order valence-electron chi connectivity index (χ1n) is 12.4. The SMILES string of the molecule is CC(C)c1ccccc1-c1nc(NS(=O)(=O)c2cccc(N3CCC[C@@](C)(C(=O)O)C3)n2)ccc1C(F)(F)F. The highest BCUT2D eigenvalue weighted by molar-refractivity contribution is 7.92. The maximum atomic E-state index is 13.9. The number of halogens is 3. The molecular formula is C27H29F3N4O4S. The molecule has 8 nitrogen and oxygen atoms in total. The van der Waals surface area contributed by atoms with Crippen LogP contribution in [0.15, 0.2) is 59.6 Å². The molecule has 2 aromatic heterocycles. The van der Waals surface area contributed by atoms with Crippen LogP contribution in [0.5, 0.6) is 0 Å². The van der Waals surface area contributed by atoms with Crippen LogP contribution in [0, 0.1) is 5.41 Å². The van der Waals surface area contributed by atoms with Crippen LogP contribution in [0.1, 0.15) is 50.7 Å². The molecule has 208 valence electrons. The lowest BCUT2D eigenvalue weighted by Crippen LogP contribution is -2.46. The molecule has 1 aliphatic rings. The third-order valence-electron chi connectivity index (χ3n) is 6.80. The summed E-state index contributed by atoms with van der Waals surface area (Å²) in [7, 11) is -4.34.